The summed E-state index contributed by atoms with van der Waals surface area (Å²) in [5.74, 6) is 0.118. The number of carbonyl (C=O) groups excluding carboxylic acids is 1. The van der Waals surface area contributed by atoms with Crippen molar-refractivity contribution in [2.75, 3.05) is 22.8 Å². The Morgan fingerprint density at radius 2 is 1.56 bits per heavy atom. The standard InChI is InChI=1S/C32H35ClN4O4S2/c1-43(40,41)36-25-14-12-24(13-15-25)29-30(33)42-31(34-29)35-32(39)37(26-16-18-27(38)19-17-26)21-20-28(22-8-4-2-5-9-22)23-10-6-3-7-11-23/h2-15,26-28,36,38H,16-21H2,1H3,(H,34,35,39). The van der Waals surface area contributed by atoms with E-state index in [9.17, 15) is 18.3 Å². The van der Waals surface area contributed by atoms with Gasteiger partial charge in [0.2, 0.25) is 10.0 Å². The largest absolute Gasteiger partial charge is 0.393 e. The molecule has 0 bridgehead atoms. The molecule has 0 radical (unpaired) electrons. The summed E-state index contributed by atoms with van der Waals surface area (Å²) in [7, 11) is -3.39. The lowest BCUT2D eigenvalue weighted by Gasteiger charge is -2.36. The van der Waals surface area contributed by atoms with Crippen LogP contribution in [0.15, 0.2) is 84.9 Å². The lowest BCUT2D eigenvalue weighted by Crippen LogP contribution is -2.46. The Bertz CT molecular complexity index is 1570. The van der Waals surface area contributed by atoms with Gasteiger partial charge in [-0.25, -0.2) is 18.2 Å². The van der Waals surface area contributed by atoms with Crippen molar-refractivity contribution >= 4 is 49.8 Å². The number of aliphatic hydroxyl groups is 1. The molecule has 0 atom stereocenters. The summed E-state index contributed by atoms with van der Waals surface area (Å²) in [4.78, 5) is 20.3. The lowest BCUT2D eigenvalue weighted by molar-refractivity contribution is 0.0864. The summed E-state index contributed by atoms with van der Waals surface area (Å²) >= 11 is 7.72. The number of halogens is 1. The quantitative estimate of drug-likeness (QED) is 0.170. The minimum atomic E-state index is -3.39. The van der Waals surface area contributed by atoms with Crippen molar-refractivity contribution in [2.45, 2.75) is 50.2 Å². The molecule has 2 amide bonds. The van der Waals surface area contributed by atoms with Crippen LogP contribution in [0.2, 0.25) is 4.34 Å². The lowest BCUT2D eigenvalue weighted by atomic mass is 9.87. The summed E-state index contributed by atoms with van der Waals surface area (Å²) in [6.45, 7) is 0.530. The number of benzene rings is 3. The van der Waals surface area contributed by atoms with Gasteiger partial charge in [0.15, 0.2) is 5.13 Å². The highest BCUT2D eigenvalue weighted by atomic mass is 35.5. The number of hydrogen-bond acceptors (Lipinski definition) is 6. The van der Waals surface area contributed by atoms with Gasteiger partial charge in [-0.2, -0.15) is 0 Å². The molecule has 11 heteroatoms. The number of anilines is 2. The third-order valence-electron chi connectivity index (χ3n) is 7.69. The molecule has 1 fully saturated rings. The first-order chi connectivity index (χ1) is 20.7. The van der Waals surface area contributed by atoms with Crippen LogP contribution in [0.25, 0.3) is 11.3 Å². The Balaban J connectivity index is 1.34. The number of hydrogen-bond donors (Lipinski definition) is 3. The van der Waals surface area contributed by atoms with Gasteiger partial charge >= 0.3 is 6.03 Å². The molecule has 8 nitrogen and oxygen atoms in total. The summed E-state index contributed by atoms with van der Waals surface area (Å²) in [6.07, 6.45) is 4.27. The molecule has 43 heavy (non-hydrogen) atoms. The predicted molar refractivity (Wildman–Crippen MR) is 174 cm³/mol. The molecule has 0 unspecified atom stereocenters. The maximum Gasteiger partial charge on any atom is 0.323 e. The second-order valence-electron chi connectivity index (χ2n) is 10.8. The van der Waals surface area contributed by atoms with E-state index < -0.39 is 10.0 Å². The molecule has 3 aromatic carbocycles. The van der Waals surface area contributed by atoms with Crippen molar-refractivity contribution in [3.8, 4) is 11.3 Å². The monoisotopic (exact) mass is 638 g/mol. The third-order valence-corrected chi connectivity index (χ3v) is 9.47. The van der Waals surface area contributed by atoms with Crippen molar-refractivity contribution < 1.29 is 18.3 Å². The van der Waals surface area contributed by atoms with Gasteiger partial charge in [-0.15, -0.1) is 0 Å². The fourth-order valence-corrected chi connectivity index (χ4v) is 7.23. The van der Waals surface area contributed by atoms with E-state index in [0.717, 1.165) is 25.5 Å². The van der Waals surface area contributed by atoms with E-state index in [-0.39, 0.29) is 24.1 Å². The molecule has 1 saturated carbocycles. The second kappa shape index (κ2) is 13.9. The van der Waals surface area contributed by atoms with Gasteiger partial charge in [-0.3, -0.25) is 10.0 Å². The number of carbonyl (C=O) groups is 1. The van der Waals surface area contributed by atoms with E-state index in [0.29, 0.717) is 45.8 Å². The zero-order valence-corrected chi connectivity index (χ0v) is 26.2. The number of aliphatic hydroxyl groups excluding tert-OH is 1. The first kappa shape index (κ1) is 31.0. The number of urea groups is 1. The summed E-state index contributed by atoms with van der Waals surface area (Å²) < 4.78 is 25.9. The molecule has 0 aliphatic heterocycles. The minimum absolute atomic E-state index is 0.000361. The summed E-state index contributed by atoms with van der Waals surface area (Å²) in [6, 6.07) is 27.2. The van der Waals surface area contributed by atoms with Gasteiger partial charge in [0.1, 0.15) is 10.0 Å². The van der Waals surface area contributed by atoms with Crippen molar-refractivity contribution in [3.05, 3.63) is 100 Å². The minimum Gasteiger partial charge on any atom is -0.393 e. The normalized spacial score (nSPS) is 17.0. The third kappa shape index (κ3) is 8.35. The number of amides is 2. The predicted octanol–water partition coefficient (Wildman–Crippen LogP) is 7.19. The van der Waals surface area contributed by atoms with Crippen LogP contribution in [0.5, 0.6) is 0 Å². The van der Waals surface area contributed by atoms with Crippen LogP contribution in [0.3, 0.4) is 0 Å². The number of nitrogens with zero attached hydrogens (tertiary/aromatic N) is 2. The Hall–Kier alpha value is -3.44. The highest BCUT2D eigenvalue weighted by molar-refractivity contribution is 7.92. The first-order valence-corrected chi connectivity index (χ1v) is 17.3. The van der Waals surface area contributed by atoms with Crippen molar-refractivity contribution in [1.82, 2.24) is 9.88 Å². The first-order valence-electron chi connectivity index (χ1n) is 14.3. The smallest absolute Gasteiger partial charge is 0.323 e. The Morgan fingerprint density at radius 3 is 2.12 bits per heavy atom. The SMILES string of the molecule is CS(=O)(=O)Nc1ccc(-c2nc(NC(=O)N(CCC(c3ccccc3)c3ccccc3)C3CCC(O)CC3)sc2Cl)cc1. The van der Waals surface area contributed by atoms with Crippen molar-refractivity contribution in [1.29, 1.82) is 0 Å². The molecule has 0 spiro atoms. The highest BCUT2D eigenvalue weighted by Gasteiger charge is 2.30. The number of nitrogens with one attached hydrogen (secondary N) is 2. The zero-order chi connectivity index (χ0) is 30.4. The van der Waals surface area contributed by atoms with Crippen molar-refractivity contribution in [2.24, 2.45) is 0 Å². The van der Waals surface area contributed by atoms with Gasteiger partial charge < -0.3 is 10.0 Å². The fraction of sp³-hybridized carbons (Fsp3) is 0.312. The molecular weight excluding hydrogens is 604 g/mol. The maximum absolute atomic E-state index is 13.8. The van der Waals surface area contributed by atoms with Crippen LogP contribution in [0.1, 0.15) is 49.1 Å². The number of thiazole rings is 1. The maximum atomic E-state index is 13.8. The topological polar surface area (TPSA) is 112 Å². The number of rotatable bonds is 10. The second-order valence-corrected chi connectivity index (χ2v) is 14.2. The molecule has 1 heterocycles. The van der Waals surface area contributed by atoms with E-state index in [2.05, 4.69) is 39.3 Å². The molecule has 1 aliphatic carbocycles. The molecule has 226 valence electrons. The van der Waals surface area contributed by atoms with Crippen LogP contribution < -0.4 is 10.0 Å². The Labute approximate surface area is 261 Å². The van der Waals surface area contributed by atoms with E-state index in [1.165, 1.54) is 22.5 Å². The summed E-state index contributed by atoms with van der Waals surface area (Å²) in [5, 5.41) is 13.5. The molecule has 0 saturated heterocycles. The van der Waals surface area contributed by atoms with E-state index in [1.807, 2.05) is 41.3 Å². The average Bonchev–Trinajstić information content (AvgIpc) is 3.36. The van der Waals surface area contributed by atoms with Gasteiger partial charge in [-0.05, 0) is 55.4 Å². The Morgan fingerprint density at radius 1 is 0.977 bits per heavy atom. The van der Waals surface area contributed by atoms with Gasteiger partial charge in [0.05, 0.1) is 12.4 Å². The van der Waals surface area contributed by atoms with Crippen LogP contribution in [-0.2, 0) is 10.0 Å². The summed E-state index contributed by atoms with van der Waals surface area (Å²) in [5.41, 5.74) is 4.04. The molecule has 1 aromatic heterocycles. The van der Waals surface area contributed by atoms with Crippen LogP contribution in [0, 0.1) is 0 Å². The molecule has 5 rings (SSSR count). The molecule has 4 aromatic rings. The molecule has 1 aliphatic rings. The van der Waals surface area contributed by atoms with E-state index >= 15 is 0 Å². The van der Waals surface area contributed by atoms with Crippen molar-refractivity contribution in [3.63, 3.8) is 0 Å². The van der Waals surface area contributed by atoms with Gasteiger partial charge in [0.25, 0.3) is 0 Å². The molecule has 3 N–H and O–H groups in total. The molecular formula is C32H35ClN4O4S2. The average molecular weight is 639 g/mol. The fourth-order valence-electron chi connectivity index (χ4n) is 5.59. The number of aromatic nitrogens is 1. The number of sulfonamides is 1. The highest BCUT2D eigenvalue weighted by Crippen LogP contribution is 2.36. The van der Waals surface area contributed by atoms with Gasteiger partial charge in [0, 0.05) is 29.8 Å². The Kier molecular flexibility index (Phi) is 10.0. The van der Waals surface area contributed by atoms with Crippen LogP contribution in [-0.4, -0.2) is 54.4 Å². The van der Waals surface area contributed by atoms with Crippen LogP contribution >= 0.6 is 22.9 Å². The van der Waals surface area contributed by atoms with E-state index in [1.54, 1.807) is 24.3 Å². The van der Waals surface area contributed by atoms with E-state index in [4.69, 9.17) is 11.6 Å². The van der Waals surface area contributed by atoms with Gasteiger partial charge in [-0.1, -0.05) is 95.7 Å². The zero-order valence-electron chi connectivity index (χ0n) is 23.8. The van der Waals surface area contributed by atoms with Crippen LogP contribution in [0.4, 0.5) is 15.6 Å².